The Balaban J connectivity index is 0.00000361. The monoisotopic (exact) mass is 391 g/mol. The lowest BCUT2D eigenvalue weighted by molar-refractivity contribution is -0.114. The molecular weight excluding hydrogens is 369 g/mol. The second-order valence-corrected chi connectivity index (χ2v) is 3.91. The molecule has 0 atom stereocenters. The van der Waals surface area contributed by atoms with Crippen molar-refractivity contribution in [1.82, 2.24) is 15.6 Å². The van der Waals surface area contributed by atoms with Gasteiger partial charge >= 0.3 is 0 Å². The normalized spacial score (nSPS) is 10.4. The van der Waals surface area contributed by atoms with Crippen LogP contribution in [-0.4, -0.2) is 36.5 Å². The minimum Gasteiger partial charge on any atom is -0.357 e. The second-order valence-electron chi connectivity index (χ2n) is 3.91. The average molecular weight is 391 g/mol. The number of carbonyl (C=O) groups is 1. The Hall–Kier alpha value is -1.38. The summed E-state index contributed by atoms with van der Waals surface area (Å²) in [5, 5.41) is 8.95. The van der Waals surface area contributed by atoms with E-state index < -0.39 is 0 Å². The summed E-state index contributed by atoms with van der Waals surface area (Å²) in [5.74, 6) is 0.493. The van der Waals surface area contributed by atoms with Crippen LogP contribution >= 0.6 is 24.0 Å². The minimum atomic E-state index is -0.165. The first-order valence-corrected chi connectivity index (χ1v) is 6.48. The van der Waals surface area contributed by atoms with E-state index in [0.717, 1.165) is 19.5 Å². The summed E-state index contributed by atoms with van der Waals surface area (Å²) in [6, 6.07) is 3.56. The molecule has 0 aliphatic rings. The van der Waals surface area contributed by atoms with Crippen LogP contribution in [0.3, 0.4) is 0 Å². The molecule has 0 aromatic carbocycles. The van der Waals surface area contributed by atoms with E-state index in [1.54, 1.807) is 24.5 Å². The summed E-state index contributed by atoms with van der Waals surface area (Å²) in [7, 11) is 0. The highest BCUT2D eigenvalue weighted by Crippen LogP contribution is 2.01. The van der Waals surface area contributed by atoms with Crippen molar-refractivity contribution in [3.63, 3.8) is 0 Å². The molecule has 0 saturated carbocycles. The van der Waals surface area contributed by atoms with Gasteiger partial charge in [-0.05, 0) is 25.5 Å². The third-order valence-corrected chi connectivity index (χ3v) is 2.21. The number of carbonyl (C=O) groups excluding carboxylic acids is 1. The summed E-state index contributed by atoms with van der Waals surface area (Å²) in [6.45, 7) is 5.73. The molecule has 7 heteroatoms. The molecule has 1 aromatic heterocycles. The van der Waals surface area contributed by atoms with Crippen LogP contribution in [0, 0.1) is 0 Å². The lowest BCUT2D eigenvalue weighted by atomic mass is 10.4. The predicted octanol–water partition coefficient (Wildman–Crippen LogP) is 1.60. The number of rotatable bonds is 6. The van der Waals surface area contributed by atoms with Crippen molar-refractivity contribution >= 4 is 41.5 Å². The van der Waals surface area contributed by atoms with Crippen LogP contribution in [0.4, 0.5) is 5.69 Å². The molecule has 0 aliphatic heterocycles. The van der Waals surface area contributed by atoms with Gasteiger partial charge in [-0.25, -0.2) is 4.99 Å². The molecule has 0 radical (unpaired) electrons. The van der Waals surface area contributed by atoms with Crippen LogP contribution in [0.1, 0.15) is 20.3 Å². The summed E-state index contributed by atoms with van der Waals surface area (Å²) >= 11 is 0. The van der Waals surface area contributed by atoms with Gasteiger partial charge in [-0.15, -0.1) is 24.0 Å². The molecule has 112 valence electrons. The summed E-state index contributed by atoms with van der Waals surface area (Å²) < 4.78 is 0. The fourth-order valence-corrected chi connectivity index (χ4v) is 1.37. The molecule has 1 rings (SSSR count). The van der Waals surface area contributed by atoms with Crippen LogP contribution in [0.5, 0.6) is 0 Å². The fourth-order valence-electron chi connectivity index (χ4n) is 1.37. The molecule has 6 nitrogen and oxygen atoms in total. The Morgan fingerprint density at radius 3 is 2.75 bits per heavy atom. The Kier molecular flexibility index (Phi) is 10.7. The number of aliphatic imine (C=N–C) groups is 1. The number of hydrogen-bond acceptors (Lipinski definition) is 3. The molecule has 0 fully saturated rings. The van der Waals surface area contributed by atoms with Crippen molar-refractivity contribution in [2.45, 2.75) is 20.3 Å². The third kappa shape index (κ3) is 7.93. The topological polar surface area (TPSA) is 78.4 Å². The van der Waals surface area contributed by atoms with Gasteiger partial charge in [0, 0.05) is 19.3 Å². The molecule has 1 heterocycles. The van der Waals surface area contributed by atoms with E-state index in [0.29, 0.717) is 11.6 Å². The molecule has 0 unspecified atom stereocenters. The number of pyridine rings is 1. The standard InChI is InChI=1S/C13H21N5O.HI/c1-3-7-16-13(15-4-2)17-10-12(19)18-11-6-5-8-14-9-11;/h5-6,8-9H,3-4,7,10H2,1-2H3,(H,18,19)(H2,15,16,17);1H. The highest BCUT2D eigenvalue weighted by atomic mass is 127. The van der Waals surface area contributed by atoms with Gasteiger partial charge in [0.2, 0.25) is 5.91 Å². The highest BCUT2D eigenvalue weighted by molar-refractivity contribution is 14.0. The molecule has 1 amide bonds. The fraction of sp³-hybridized carbons (Fsp3) is 0.462. The zero-order valence-corrected chi connectivity index (χ0v) is 14.2. The Bertz CT molecular complexity index is 410. The molecule has 3 N–H and O–H groups in total. The van der Waals surface area contributed by atoms with Crippen LogP contribution in [0.25, 0.3) is 0 Å². The second kappa shape index (κ2) is 11.4. The van der Waals surface area contributed by atoms with E-state index in [9.17, 15) is 4.79 Å². The van der Waals surface area contributed by atoms with Gasteiger partial charge in [0.1, 0.15) is 6.54 Å². The molecule has 0 saturated heterocycles. The van der Waals surface area contributed by atoms with Crippen LogP contribution in [0.2, 0.25) is 0 Å². The van der Waals surface area contributed by atoms with Crippen LogP contribution in [0.15, 0.2) is 29.5 Å². The SMILES string of the molecule is CCCNC(=NCC(=O)Nc1cccnc1)NCC.I. The van der Waals surface area contributed by atoms with Crippen molar-refractivity contribution < 1.29 is 4.79 Å². The van der Waals surface area contributed by atoms with Gasteiger partial charge in [0.25, 0.3) is 0 Å². The molecule has 0 spiro atoms. The van der Waals surface area contributed by atoms with Gasteiger partial charge in [-0.2, -0.15) is 0 Å². The first-order valence-electron chi connectivity index (χ1n) is 6.48. The highest BCUT2D eigenvalue weighted by Gasteiger charge is 2.02. The summed E-state index contributed by atoms with van der Waals surface area (Å²) in [5.41, 5.74) is 0.675. The van der Waals surface area contributed by atoms with Gasteiger partial charge in [-0.3, -0.25) is 9.78 Å². The number of nitrogens with zero attached hydrogens (tertiary/aromatic N) is 2. The molecular formula is C13H22IN5O. The smallest absolute Gasteiger partial charge is 0.246 e. The Morgan fingerprint density at radius 2 is 2.15 bits per heavy atom. The van der Waals surface area contributed by atoms with Gasteiger partial charge < -0.3 is 16.0 Å². The maximum Gasteiger partial charge on any atom is 0.246 e. The van der Waals surface area contributed by atoms with Crippen LogP contribution in [-0.2, 0) is 4.79 Å². The number of halogens is 1. The molecule has 0 bridgehead atoms. The zero-order chi connectivity index (χ0) is 13.9. The van der Waals surface area contributed by atoms with E-state index in [4.69, 9.17) is 0 Å². The van der Waals surface area contributed by atoms with E-state index in [1.165, 1.54) is 0 Å². The number of nitrogens with one attached hydrogen (secondary N) is 3. The third-order valence-electron chi connectivity index (χ3n) is 2.21. The molecule has 1 aromatic rings. The first kappa shape index (κ1) is 18.6. The minimum absolute atomic E-state index is 0. The van der Waals surface area contributed by atoms with E-state index in [-0.39, 0.29) is 36.4 Å². The Labute approximate surface area is 136 Å². The lowest BCUT2D eigenvalue weighted by Gasteiger charge is -2.10. The van der Waals surface area contributed by atoms with E-state index in [2.05, 4.69) is 32.9 Å². The lowest BCUT2D eigenvalue weighted by Crippen LogP contribution is -2.38. The van der Waals surface area contributed by atoms with Crippen molar-refractivity contribution in [3.05, 3.63) is 24.5 Å². The van der Waals surface area contributed by atoms with Gasteiger partial charge in [0.05, 0.1) is 11.9 Å². The number of amides is 1. The van der Waals surface area contributed by atoms with Gasteiger partial charge in [-0.1, -0.05) is 6.92 Å². The number of aromatic nitrogens is 1. The maximum atomic E-state index is 11.7. The quantitative estimate of drug-likeness (QED) is 0.391. The van der Waals surface area contributed by atoms with E-state index >= 15 is 0 Å². The largest absolute Gasteiger partial charge is 0.357 e. The van der Waals surface area contributed by atoms with Crippen molar-refractivity contribution in [2.24, 2.45) is 4.99 Å². The average Bonchev–Trinajstić information content (AvgIpc) is 2.43. The van der Waals surface area contributed by atoms with E-state index in [1.807, 2.05) is 6.92 Å². The van der Waals surface area contributed by atoms with Crippen LogP contribution < -0.4 is 16.0 Å². The van der Waals surface area contributed by atoms with Gasteiger partial charge in [0.15, 0.2) is 5.96 Å². The van der Waals surface area contributed by atoms with Crippen molar-refractivity contribution in [1.29, 1.82) is 0 Å². The summed E-state index contributed by atoms with van der Waals surface area (Å²) in [4.78, 5) is 19.8. The number of guanidine groups is 1. The predicted molar refractivity (Wildman–Crippen MR) is 92.6 cm³/mol. The van der Waals surface area contributed by atoms with Crippen molar-refractivity contribution in [3.8, 4) is 0 Å². The first-order chi connectivity index (χ1) is 9.26. The molecule has 0 aliphatic carbocycles. The Morgan fingerprint density at radius 1 is 1.35 bits per heavy atom. The number of hydrogen-bond donors (Lipinski definition) is 3. The zero-order valence-electron chi connectivity index (χ0n) is 11.8. The maximum absolute atomic E-state index is 11.7. The molecule has 20 heavy (non-hydrogen) atoms. The summed E-state index contributed by atoms with van der Waals surface area (Å²) in [6.07, 6.45) is 4.26. The number of anilines is 1. The van der Waals surface area contributed by atoms with Crippen molar-refractivity contribution in [2.75, 3.05) is 25.0 Å².